The molecule has 5 rings (SSSR count). The van der Waals surface area contributed by atoms with Crippen LogP contribution in [0.1, 0.15) is 29.2 Å². The summed E-state index contributed by atoms with van der Waals surface area (Å²) in [5, 5.41) is 3.51. The Morgan fingerprint density at radius 2 is 1.81 bits per heavy atom. The first-order valence-corrected chi connectivity index (χ1v) is 11.4. The van der Waals surface area contributed by atoms with Gasteiger partial charge >= 0.3 is 0 Å². The topological polar surface area (TPSA) is 76.9 Å². The molecule has 1 amide bonds. The normalized spacial score (nSPS) is 14.3. The molecule has 4 aromatic rings. The minimum absolute atomic E-state index is 0.0745. The molecule has 0 radical (unpaired) electrons. The summed E-state index contributed by atoms with van der Waals surface area (Å²) in [6, 6.07) is 20.8. The molecular formula is C25H22N4O2S. The largest absolute Gasteiger partial charge is 0.352 e. The lowest BCUT2D eigenvalue weighted by molar-refractivity contribution is -0.120. The van der Waals surface area contributed by atoms with Gasteiger partial charge in [-0.15, -0.1) is 0 Å². The quantitative estimate of drug-likeness (QED) is 0.358. The Morgan fingerprint density at radius 1 is 1.06 bits per heavy atom. The molecule has 0 aliphatic heterocycles. The average molecular weight is 443 g/mol. The molecule has 2 aromatic carbocycles. The van der Waals surface area contributed by atoms with Gasteiger partial charge in [0.15, 0.2) is 5.16 Å². The molecule has 32 heavy (non-hydrogen) atoms. The van der Waals surface area contributed by atoms with Crippen molar-refractivity contribution in [3.63, 3.8) is 0 Å². The second kappa shape index (κ2) is 8.59. The number of pyridine rings is 1. The summed E-state index contributed by atoms with van der Waals surface area (Å²) in [7, 11) is 0. The molecule has 0 saturated heterocycles. The number of carbonyl (C=O) groups is 1. The molecule has 2 heterocycles. The van der Waals surface area contributed by atoms with Crippen molar-refractivity contribution >= 4 is 28.6 Å². The predicted octanol–water partition coefficient (Wildman–Crippen LogP) is 4.20. The highest BCUT2D eigenvalue weighted by atomic mass is 32.2. The number of carbonyl (C=O) groups excluding carboxylic acids is 1. The van der Waals surface area contributed by atoms with Gasteiger partial charge in [0.25, 0.3) is 5.56 Å². The molecule has 1 fully saturated rings. The molecule has 1 aliphatic carbocycles. The van der Waals surface area contributed by atoms with Gasteiger partial charge < -0.3 is 5.32 Å². The number of para-hydroxylation sites is 1. The second-order valence-corrected chi connectivity index (χ2v) is 9.01. The van der Waals surface area contributed by atoms with Gasteiger partial charge in [-0.05, 0) is 49.1 Å². The van der Waals surface area contributed by atoms with Crippen LogP contribution in [0.25, 0.3) is 16.7 Å². The fourth-order valence-electron chi connectivity index (χ4n) is 3.50. The Labute approximate surface area is 189 Å². The van der Waals surface area contributed by atoms with Gasteiger partial charge in [-0.2, -0.15) is 0 Å². The lowest BCUT2D eigenvalue weighted by Gasteiger charge is -2.19. The monoisotopic (exact) mass is 442 g/mol. The van der Waals surface area contributed by atoms with Crippen LogP contribution in [0.3, 0.4) is 0 Å². The van der Waals surface area contributed by atoms with E-state index in [1.54, 1.807) is 18.3 Å². The minimum Gasteiger partial charge on any atom is -0.352 e. The Balaban J connectivity index is 1.65. The third kappa shape index (κ3) is 4.16. The maximum absolute atomic E-state index is 13.5. The lowest BCUT2D eigenvalue weighted by Crippen LogP contribution is -2.30. The summed E-state index contributed by atoms with van der Waals surface area (Å²) in [4.78, 5) is 35.9. The van der Waals surface area contributed by atoms with E-state index in [-0.39, 0.29) is 17.5 Å². The number of hydrogen-bond donors (Lipinski definition) is 1. The van der Waals surface area contributed by atoms with Crippen LogP contribution in [-0.2, 0) is 4.79 Å². The lowest BCUT2D eigenvalue weighted by atomic mass is 10.1. The van der Waals surface area contributed by atoms with E-state index in [1.807, 2.05) is 61.5 Å². The Morgan fingerprint density at radius 3 is 2.53 bits per heavy atom. The molecular weight excluding hydrogens is 420 g/mol. The van der Waals surface area contributed by atoms with Crippen molar-refractivity contribution in [1.82, 2.24) is 19.9 Å². The van der Waals surface area contributed by atoms with Crippen molar-refractivity contribution in [3.8, 4) is 5.82 Å². The van der Waals surface area contributed by atoms with Crippen LogP contribution in [0.15, 0.2) is 82.9 Å². The molecule has 1 atom stereocenters. The first-order valence-electron chi connectivity index (χ1n) is 10.6. The van der Waals surface area contributed by atoms with Gasteiger partial charge in [0, 0.05) is 12.2 Å². The summed E-state index contributed by atoms with van der Waals surface area (Å²) in [6.45, 7) is 1.95. The molecule has 2 aromatic heterocycles. The molecule has 1 unspecified atom stereocenters. The van der Waals surface area contributed by atoms with E-state index in [2.05, 4.69) is 10.3 Å². The third-order valence-corrected chi connectivity index (χ3v) is 6.56. The smallest absolute Gasteiger partial charge is 0.267 e. The molecule has 1 N–H and O–H groups in total. The molecule has 1 saturated carbocycles. The number of amides is 1. The van der Waals surface area contributed by atoms with Crippen molar-refractivity contribution < 1.29 is 4.79 Å². The summed E-state index contributed by atoms with van der Waals surface area (Å²) in [5.41, 5.74) is 2.25. The van der Waals surface area contributed by atoms with E-state index in [9.17, 15) is 9.59 Å². The van der Waals surface area contributed by atoms with Gasteiger partial charge in [0.05, 0.1) is 10.9 Å². The number of aryl methyl sites for hydroxylation is 1. The highest BCUT2D eigenvalue weighted by Crippen LogP contribution is 2.36. The van der Waals surface area contributed by atoms with Crippen molar-refractivity contribution in [2.45, 2.75) is 36.2 Å². The zero-order chi connectivity index (χ0) is 22.1. The molecule has 6 nitrogen and oxygen atoms in total. The fourth-order valence-corrected chi connectivity index (χ4v) is 4.61. The van der Waals surface area contributed by atoms with Crippen molar-refractivity contribution in [2.24, 2.45) is 0 Å². The number of rotatable bonds is 6. The predicted molar refractivity (Wildman–Crippen MR) is 126 cm³/mol. The van der Waals surface area contributed by atoms with Crippen LogP contribution >= 0.6 is 11.8 Å². The van der Waals surface area contributed by atoms with Crippen LogP contribution < -0.4 is 10.9 Å². The van der Waals surface area contributed by atoms with Gasteiger partial charge in [0.2, 0.25) is 5.91 Å². The van der Waals surface area contributed by atoms with Crippen LogP contribution in [0, 0.1) is 6.92 Å². The number of nitrogens with one attached hydrogen (secondary N) is 1. The Kier molecular flexibility index (Phi) is 5.49. The van der Waals surface area contributed by atoms with E-state index >= 15 is 0 Å². The van der Waals surface area contributed by atoms with Crippen LogP contribution in [0.2, 0.25) is 0 Å². The van der Waals surface area contributed by atoms with Crippen molar-refractivity contribution in [2.75, 3.05) is 0 Å². The van der Waals surface area contributed by atoms with Gasteiger partial charge in [-0.3, -0.25) is 9.59 Å². The summed E-state index contributed by atoms with van der Waals surface area (Å²) < 4.78 is 1.51. The third-order valence-electron chi connectivity index (χ3n) is 5.36. The molecule has 0 spiro atoms. The summed E-state index contributed by atoms with van der Waals surface area (Å²) in [5.74, 6) is 0.408. The van der Waals surface area contributed by atoms with E-state index in [1.165, 1.54) is 16.3 Å². The van der Waals surface area contributed by atoms with Gasteiger partial charge in [-0.25, -0.2) is 14.5 Å². The zero-order valence-corrected chi connectivity index (χ0v) is 18.4. The Bertz CT molecular complexity index is 1330. The summed E-state index contributed by atoms with van der Waals surface area (Å²) in [6.07, 6.45) is 3.73. The molecule has 7 heteroatoms. The minimum atomic E-state index is -0.540. The number of fused-ring (bicyclic) bond motifs is 1. The average Bonchev–Trinajstić information content (AvgIpc) is 3.63. The zero-order valence-electron chi connectivity index (χ0n) is 17.6. The van der Waals surface area contributed by atoms with Gasteiger partial charge in [0.1, 0.15) is 11.1 Å². The SMILES string of the molecule is Cc1ccc(-n2c(SC(C(=O)NC3CC3)c3ccccc3)nc3ccccc3c2=O)nc1. The number of hydrogen-bond acceptors (Lipinski definition) is 5. The molecule has 160 valence electrons. The standard InChI is InChI=1S/C25H22N4O2S/c1-16-11-14-21(26-15-16)29-24(31)19-9-5-6-10-20(19)28-25(29)32-22(17-7-3-2-4-8-17)23(30)27-18-12-13-18/h2-11,14-15,18,22H,12-13H2,1H3,(H,27,30). The van der Waals surface area contributed by atoms with E-state index in [0.29, 0.717) is 21.9 Å². The van der Waals surface area contributed by atoms with Crippen molar-refractivity contribution in [1.29, 1.82) is 0 Å². The highest BCUT2D eigenvalue weighted by Gasteiger charge is 2.30. The first kappa shape index (κ1) is 20.5. The first-order chi connectivity index (χ1) is 15.6. The number of thioether (sulfide) groups is 1. The Hall–Kier alpha value is -3.45. The maximum Gasteiger partial charge on any atom is 0.267 e. The second-order valence-electron chi connectivity index (χ2n) is 7.94. The van der Waals surface area contributed by atoms with Crippen LogP contribution in [-0.4, -0.2) is 26.5 Å². The molecule has 1 aliphatic rings. The number of nitrogens with zero attached hydrogens (tertiary/aromatic N) is 3. The summed E-state index contributed by atoms with van der Waals surface area (Å²) >= 11 is 1.27. The number of benzene rings is 2. The van der Waals surface area contributed by atoms with Gasteiger partial charge in [-0.1, -0.05) is 60.3 Å². The maximum atomic E-state index is 13.5. The van der Waals surface area contributed by atoms with Crippen LogP contribution in [0.4, 0.5) is 0 Å². The fraction of sp³-hybridized carbons (Fsp3) is 0.200. The van der Waals surface area contributed by atoms with Crippen molar-refractivity contribution in [3.05, 3.63) is 94.4 Å². The highest BCUT2D eigenvalue weighted by molar-refractivity contribution is 8.00. The van der Waals surface area contributed by atoms with E-state index < -0.39 is 5.25 Å². The van der Waals surface area contributed by atoms with E-state index in [4.69, 9.17) is 4.98 Å². The van der Waals surface area contributed by atoms with E-state index in [0.717, 1.165) is 24.0 Å². The molecule has 0 bridgehead atoms. The number of aromatic nitrogens is 3. The van der Waals surface area contributed by atoms with Crippen LogP contribution in [0.5, 0.6) is 0 Å².